The number of hydrogen-bond donors (Lipinski definition) is 1. The lowest BCUT2D eigenvalue weighted by Gasteiger charge is -2.35. The van der Waals surface area contributed by atoms with E-state index in [1.165, 1.54) is 0 Å². The molecule has 1 aromatic carbocycles. The van der Waals surface area contributed by atoms with Gasteiger partial charge in [0.25, 0.3) is 0 Å². The first-order valence-corrected chi connectivity index (χ1v) is 10.3. The Morgan fingerprint density at radius 1 is 1.07 bits per heavy atom. The van der Waals surface area contributed by atoms with E-state index in [2.05, 4.69) is 15.2 Å². The van der Waals surface area contributed by atoms with E-state index in [-0.39, 0.29) is 24.7 Å². The second-order valence-electron chi connectivity index (χ2n) is 6.34. The van der Waals surface area contributed by atoms with Gasteiger partial charge in [0, 0.05) is 55.8 Å². The molecule has 0 unspecified atom stereocenters. The highest BCUT2D eigenvalue weighted by molar-refractivity contribution is 7.98. The number of nitrogens with one attached hydrogen (secondary N) is 1. The maximum Gasteiger partial charge on any atom is 0.224 e. The lowest BCUT2D eigenvalue weighted by atomic mass is 10.2. The SMILES string of the molecule is CSc1cccc(NC(=O)CCC(=O)N2CCN(c3ccccn3)CC2)c1. The van der Waals surface area contributed by atoms with E-state index in [1.54, 1.807) is 18.0 Å². The zero-order valence-corrected chi connectivity index (χ0v) is 16.2. The van der Waals surface area contributed by atoms with Crippen molar-refractivity contribution in [1.82, 2.24) is 9.88 Å². The average Bonchev–Trinajstić information content (AvgIpc) is 2.73. The number of hydrogen-bond acceptors (Lipinski definition) is 5. The number of carbonyl (C=O) groups excluding carboxylic acids is 2. The van der Waals surface area contributed by atoms with Crippen LogP contribution < -0.4 is 10.2 Å². The molecule has 0 saturated carbocycles. The first kappa shape index (κ1) is 19.2. The molecule has 3 rings (SSSR count). The fourth-order valence-corrected chi connectivity index (χ4v) is 3.49. The largest absolute Gasteiger partial charge is 0.353 e. The fourth-order valence-electron chi connectivity index (χ4n) is 3.03. The summed E-state index contributed by atoms with van der Waals surface area (Å²) in [6.45, 7) is 2.84. The Labute approximate surface area is 164 Å². The Hall–Kier alpha value is -2.54. The Morgan fingerprint density at radius 3 is 2.59 bits per heavy atom. The van der Waals surface area contributed by atoms with E-state index < -0.39 is 0 Å². The Bertz CT molecular complexity index is 777. The smallest absolute Gasteiger partial charge is 0.224 e. The monoisotopic (exact) mass is 384 g/mol. The van der Waals surface area contributed by atoms with Crippen LogP contribution >= 0.6 is 11.8 Å². The molecule has 0 radical (unpaired) electrons. The van der Waals surface area contributed by atoms with E-state index in [1.807, 2.05) is 53.6 Å². The molecule has 1 N–H and O–H groups in total. The molecule has 0 spiro atoms. The third-order valence-electron chi connectivity index (χ3n) is 4.53. The summed E-state index contributed by atoms with van der Waals surface area (Å²) in [5.74, 6) is 0.842. The van der Waals surface area contributed by atoms with E-state index in [9.17, 15) is 9.59 Å². The maximum atomic E-state index is 12.4. The number of nitrogens with zero attached hydrogens (tertiary/aromatic N) is 3. The quantitative estimate of drug-likeness (QED) is 0.776. The van der Waals surface area contributed by atoms with Gasteiger partial charge in [0.2, 0.25) is 11.8 Å². The van der Waals surface area contributed by atoms with E-state index in [4.69, 9.17) is 0 Å². The van der Waals surface area contributed by atoms with Crippen LogP contribution in [-0.2, 0) is 9.59 Å². The Morgan fingerprint density at radius 2 is 1.89 bits per heavy atom. The van der Waals surface area contributed by atoms with Crippen molar-refractivity contribution in [2.24, 2.45) is 0 Å². The molecule has 2 heterocycles. The predicted octanol–water partition coefficient (Wildman–Crippen LogP) is 2.87. The highest BCUT2D eigenvalue weighted by Crippen LogP contribution is 2.19. The minimum absolute atomic E-state index is 0.0312. The number of piperazine rings is 1. The number of amides is 2. The molecule has 142 valence electrons. The number of benzene rings is 1. The molecular weight excluding hydrogens is 360 g/mol. The van der Waals surface area contributed by atoms with Crippen molar-refractivity contribution in [3.63, 3.8) is 0 Å². The highest BCUT2D eigenvalue weighted by Gasteiger charge is 2.22. The summed E-state index contributed by atoms with van der Waals surface area (Å²) < 4.78 is 0. The van der Waals surface area contributed by atoms with Crippen molar-refractivity contribution in [1.29, 1.82) is 0 Å². The number of rotatable bonds is 6. The minimum atomic E-state index is -0.131. The van der Waals surface area contributed by atoms with Gasteiger partial charge in [0.05, 0.1) is 0 Å². The third-order valence-corrected chi connectivity index (χ3v) is 5.25. The second-order valence-corrected chi connectivity index (χ2v) is 7.22. The molecule has 0 atom stereocenters. The van der Waals surface area contributed by atoms with Gasteiger partial charge < -0.3 is 15.1 Å². The maximum absolute atomic E-state index is 12.4. The van der Waals surface area contributed by atoms with Crippen molar-refractivity contribution in [3.8, 4) is 0 Å². The highest BCUT2D eigenvalue weighted by atomic mass is 32.2. The van der Waals surface area contributed by atoms with Gasteiger partial charge in [0.1, 0.15) is 5.82 Å². The second kappa shape index (κ2) is 9.41. The summed E-state index contributed by atoms with van der Waals surface area (Å²) >= 11 is 1.63. The van der Waals surface area contributed by atoms with Gasteiger partial charge in [-0.15, -0.1) is 11.8 Å². The lowest BCUT2D eigenvalue weighted by Crippen LogP contribution is -2.49. The van der Waals surface area contributed by atoms with Crippen LogP contribution in [0.5, 0.6) is 0 Å². The van der Waals surface area contributed by atoms with Gasteiger partial charge >= 0.3 is 0 Å². The van der Waals surface area contributed by atoms with Gasteiger partial charge in [-0.2, -0.15) is 0 Å². The molecule has 1 aliphatic heterocycles. The van der Waals surface area contributed by atoms with Gasteiger partial charge in [-0.05, 0) is 36.6 Å². The van der Waals surface area contributed by atoms with Crippen LogP contribution in [0.1, 0.15) is 12.8 Å². The zero-order chi connectivity index (χ0) is 19.1. The topological polar surface area (TPSA) is 65.5 Å². The minimum Gasteiger partial charge on any atom is -0.353 e. The molecule has 6 nitrogen and oxygen atoms in total. The number of thioether (sulfide) groups is 1. The lowest BCUT2D eigenvalue weighted by molar-refractivity contribution is -0.133. The summed E-state index contributed by atoms with van der Waals surface area (Å²) in [6.07, 6.45) is 4.20. The van der Waals surface area contributed by atoms with Gasteiger partial charge in [-0.3, -0.25) is 9.59 Å². The summed E-state index contributed by atoms with van der Waals surface area (Å²) in [6, 6.07) is 13.5. The predicted molar refractivity (Wildman–Crippen MR) is 109 cm³/mol. The summed E-state index contributed by atoms with van der Waals surface area (Å²) in [7, 11) is 0. The average molecular weight is 385 g/mol. The molecule has 1 saturated heterocycles. The van der Waals surface area contributed by atoms with Crippen LogP contribution in [0.3, 0.4) is 0 Å². The van der Waals surface area contributed by atoms with E-state index >= 15 is 0 Å². The van der Waals surface area contributed by atoms with Gasteiger partial charge in [-0.25, -0.2) is 4.98 Å². The molecule has 27 heavy (non-hydrogen) atoms. The number of anilines is 2. The molecule has 1 aliphatic rings. The van der Waals surface area contributed by atoms with Crippen molar-refractivity contribution < 1.29 is 9.59 Å². The normalized spacial score (nSPS) is 14.1. The molecule has 1 fully saturated rings. The van der Waals surface area contributed by atoms with Crippen LogP contribution in [-0.4, -0.2) is 54.1 Å². The van der Waals surface area contributed by atoms with Crippen molar-refractivity contribution in [2.75, 3.05) is 42.7 Å². The first-order valence-electron chi connectivity index (χ1n) is 9.03. The molecule has 7 heteroatoms. The third kappa shape index (κ3) is 5.47. The number of aromatic nitrogens is 1. The van der Waals surface area contributed by atoms with Crippen LogP contribution in [0.2, 0.25) is 0 Å². The van der Waals surface area contributed by atoms with Crippen molar-refractivity contribution >= 4 is 35.1 Å². The summed E-state index contributed by atoms with van der Waals surface area (Å²) in [5.41, 5.74) is 0.767. The standard InChI is InChI=1S/C20H24N4O2S/c1-27-17-6-4-5-16(15-17)22-19(25)8-9-20(26)24-13-11-23(12-14-24)18-7-2-3-10-21-18/h2-7,10,15H,8-9,11-14H2,1H3,(H,22,25). The molecule has 2 aromatic rings. The molecular formula is C20H24N4O2S. The van der Waals surface area contributed by atoms with E-state index in [0.717, 1.165) is 29.5 Å². The number of carbonyl (C=O) groups is 2. The summed E-state index contributed by atoms with van der Waals surface area (Å²) in [4.78, 5) is 34.0. The van der Waals surface area contributed by atoms with Crippen LogP contribution in [0.15, 0.2) is 53.6 Å². The summed E-state index contributed by atoms with van der Waals surface area (Å²) in [5, 5.41) is 2.86. The Kier molecular flexibility index (Phi) is 6.70. The molecule has 0 bridgehead atoms. The van der Waals surface area contributed by atoms with Crippen LogP contribution in [0.4, 0.5) is 11.5 Å². The first-order chi connectivity index (χ1) is 13.2. The number of pyridine rings is 1. The fraction of sp³-hybridized carbons (Fsp3) is 0.350. The molecule has 2 amide bonds. The van der Waals surface area contributed by atoms with Crippen LogP contribution in [0, 0.1) is 0 Å². The van der Waals surface area contributed by atoms with Crippen molar-refractivity contribution in [3.05, 3.63) is 48.7 Å². The molecule has 0 aliphatic carbocycles. The zero-order valence-electron chi connectivity index (χ0n) is 15.4. The van der Waals surface area contributed by atoms with Gasteiger partial charge in [-0.1, -0.05) is 12.1 Å². The van der Waals surface area contributed by atoms with Crippen molar-refractivity contribution in [2.45, 2.75) is 17.7 Å². The van der Waals surface area contributed by atoms with Gasteiger partial charge in [0.15, 0.2) is 0 Å². The molecule has 1 aromatic heterocycles. The Balaban J connectivity index is 1.42. The van der Waals surface area contributed by atoms with Crippen LogP contribution in [0.25, 0.3) is 0 Å². The van der Waals surface area contributed by atoms with E-state index in [0.29, 0.717) is 13.1 Å².